The molecule has 0 aromatic carbocycles. The highest BCUT2D eigenvalue weighted by molar-refractivity contribution is 7.84. The number of rotatable bonds is 3. The van der Waals surface area contributed by atoms with Gasteiger partial charge in [0.15, 0.2) is 0 Å². The molecule has 12 heavy (non-hydrogen) atoms. The SMILES string of the molecule is C/C=C/COC(=O)NS(=O)(=O)F. The van der Waals surface area contributed by atoms with Gasteiger partial charge < -0.3 is 4.74 Å². The minimum Gasteiger partial charge on any atom is -0.445 e. The average molecular weight is 197 g/mol. The van der Waals surface area contributed by atoms with Gasteiger partial charge in [0, 0.05) is 0 Å². The minimum atomic E-state index is -5.01. The van der Waals surface area contributed by atoms with Crippen molar-refractivity contribution in [2.75, 3.05) is 6.61 Å². The largest absolute Gasteiger partial charge is 0.445 e. The van der Waals surface area contributed by atoms with Crippen LogP contribution in [-0.4, -0.2) is 21.1 Å². The lowest BCUT2D eigenvalue weighted by atomic mass is 10.6. The van der Waals surface area contributed by atoms with E-state index in [-0.39, 0.29) is 6.61 Å². The second kappa shape index (κ2) is 4.70. The minimum absolute atomic E-state index is 0.0994. The first-order valence-corrected chi connectivity index (χ1v) is 4.34. The van der Waals surface area contributed by atoms with Crippen LogP contribution in [0.4, 0.5) is 8.68 Å². The quantitative estimate of drug-likeness (QED) is 0.528. The number of allylic oxidation sites excluding steroid dienone is 1. The highest BCUT2D eigenvalue weighted by Crippen LogP contribution is 1.86. The maximum atomic E-state index is 11.7. The van der Waals surface area contributed by atoms with Gasteiger partial charge in [0.2, 0.25) is 0 Å². The Morgan fingerprint density at radius 1 is 1.67 bits per heavy atom. The summed E-state index contributed by atoms with van der Waals surface area (Å²) in [6, 6.07) is 0. The predicted octanol–water partition coefficient (Wildman–Crippen LogP) is 0.503. The van der Waals surface area contributed by atoms with E-state index in [1.54, 1.807) is 13.0 Å². The van der Waals surface area contributed by atoms with Crippen molar-refractivity contribution in [3.63, 3.8) is 0 Å². The molecule has 7 heteroatoms. The van der Waals surface area contributed by atoms with Crippen LogP contribution in [0.25, 0.3) is 0 Å². The van der Waals surface area contributed by atoms with Gasteiger partial charge in [0.05, 0.1) is 0 Å². The van der Waals surface area contributed by atoms with Gasteiger partial charge in [-0.3, -0.25) is 0 Å². The Balaban J connectivity index is 3.76. The molecular weight excluding hydrogens is 189 g/mol. The van der Waals surface area contributed by atoms with Crippen molar-refractivity contribution in [2.24, 2.45) is 0 Å². The lowest BCUT2D eigenvalue weighted by molar-refractivity contribution is 0.164. The Morgan fingerprint density at radius 3 is 2.67 bits per heavy atom. The molecule has 5 nitrogen and oxygen atoms in total. The maximum Gasteiger partial charge on any atom is 0.423 e. The third-order valence-electron chi connectivity index (χ3n) is 0.752. The van der Waals surface area contributed by atoms with Crippen LogP contribution < -0.4 is 4.72 Å². The molecule has 70 valence electrons. The van der Waals surface area contributed by atoms with Gasteiger partial charge in [-0.25, -0.2) is 4.79 Å². The summed E-state index contributed by atoms with van der Waals surface area (Å²) in [6.07, 6.45) is 1.72. The molecule has 0 fully saturated rings. The van der Waals surface area contributed by atoms with Crippen LogP contribution in [0.5, 0.6) is 0 Å². The van der Waals surface area contributed by atoms with Gasteiger partial charge in [-0.15, -0.1) is 0 Å². The molecule has 0 unspecified atom stereocenters. The second-order valence-corrected chi connectivity index (χ2v) is 2.79. The van der Waals surface area contributed by atoms with Crippen molar-refractivity contribution in [1.29, 1.82) is 0 Å². The molecule has 0 radical (unpaired) electrons. The fraction of sp³-hybridized carbons (Fsp3) is 0.400. The summed E-state index contributed by atoms with van der Waals surface area (Å²) < 4.78 is 36.4. The topological polar surface area (TPSA) is 72.5 Å². The predicted molar refractivity (Wildman–Crippen MR) is 39.3 cm³/mol. The zero-order valence-corrected chi connectivity index (χ0v) is 7.10. The summed E-state index contributed by atoms with van der Waals surface area (Å²) in [4.78, 5) is 10.3. The lowest BCUT2D eigenvalue weighted by Crippen LogP contribution is -2.27. The summed E-state index contributed by atoms with van der Waals surface area (Å²) in [5.41, 5.74) is 0. The standard InChI is InChI=1S/C5H8FNO4S/c1-2-3-4-11-5(8)7-12(6,9)10/h2-3H,4H2,1H3,(H,7,8)/b3-2+. The van der Waals surface area contributed by atoms with Crippen molar-refractivity contribution in [2.45, 2.75) is 6.92 Å². The van der Waals surface area contributed by atoms with Crippen LogP contribution in [0.15, 0.2) is 12.2 Å². The third kappa shape index (κ3) is 7.00. The van der Waals surface area contributed by atoms with Crippen molar-refractivity contribution < 1.29 is 21.8 Å². The zero-order chi connectivity index (χ0) is 9.61. The molecule has 1 N–H and O–H groups in total. The molecule has 0 saturated carbocycles. The van der Waals surface area contributed by atoms with Crippen LogP contribution in [0.1, 0.15) is 6.92 Å². The van der Waals surface area contributed by atoms with E-state index in [9.17, 15) is 17.1 Å². The molecule has 0 aromatic heterocycles. The second-order valence-electron chi connectivity index (χ2n) is 1.71. The summed E-state index contributed by atoms with van der Waals surface area (Å²) in [6.45, 7) is 1.59. The Hall–Kier alpha value is -1.11. The number of hydrogen-bond acceptors (Lipinski definition) is 4. The fourth-order valence-electron chi connectivity index (χ4n) is 0.349. The first kappa shape index (κ1) is 10.9. The number of amides is 1. The molecule has 0 aliphatic heterocycles. The van der Waals surface area contributed by atoms with Crippen molar-refractivity contribution in [1.82, 2.24) is 4.72 Å². The van der Waals surface area contributed by atoms with E-state index in [1.807, 2.05) is 0 Å². The zero-order valence-electron chi connectivity index (χ0n) is 6.28. The Morgan fingerprint density at radius 2 is 2.25 bits per heavy atom. The molecule has 0 aliphatic rings. The van der Waals surface area contributed by atoms with Gasteiger partial charge in [-0.05, 0) is 6.92 Å². The number of ether oxygens (including phenoxy) is 1. The lowest BCUT2D eigenvalue weighted by Gasteiger charge is -1.99. The molecule has 0 saturated heterocycles. The van der Waals surface area contributed by atoms with E-state index in [4.69, 9.17) is 0 Å². The molecule has 0 heterocycles. The maximum absolute atomic E-state index is 11.7. The van der Waals surface area contributed by atoms with Crippen molar-refractivity contribution >= 4 is 16.5 Å². The fourth-order valence-corrected chi connectivity index (χ4v) is 0.607. The molecule has 0 spiro atoms. The summed E-state index contributed by atoms with van der Waals surface area (Å²) in [7, 11) is -5.01. The summed E-state index contributed by atoms with van der Waals surface area (Å²) in [5, 5.41) is 0. The number of nitrogens with one attached hydrogen (secondary N) is 1. The average Bonchev–Trinajstić information content (AvgIpc) is 1.84. The van der Waals surface area contributed by atoms with E-state index in [0.29, 0.717) is 0 Å². The van der Waals surface area contributed by atoms with Crippen molar-refractivity contribution in [3.8, 4) is 0 Å². The molecule has 0 aliphatic carbocycles. The normalized spacial score (nSPS) is 11.5. The molecule has 0 rings (SSSR count). The van der Waals surface area contributed by atoms with Crippen LogP contribution in [-0.2, 0) is 15.1 Å². The Bertz CT molecular complexity index is 271. The van der Waals surface area contributed by atoms with Gasteiger partial charge >= 0.3 is 16.5 Å². The molecular formula is C5H8FNO4S. The first-order chi connectivity index (χ1) is 5.45. The number of hydrogen-bond donors (Lipinski definition) is 1. The van der Waals surface area contributed by atoms with E-state index >= 15 is 0 Å². The first-order valence-electron chi connectivity index (χ1n) is 2.96. The highest BCUT2D eigenvalue weighted by Gasteiger charge is 2.11. The third-order valence-corrected chi connectivity index (χ3v) is 1.16. The van der Waals surface area contributed by atoms with E-state index in [0.717, 1.165) is 4.72 Å². The highest BCUT2D eigenvalue weighted by atomic mass is 32.3. The van der Waals surface area contributed by atoms with E-state index in [2.05, 4.69) is 4.74 Å². The molecule has 0 atom stereocenters. The summed E-state index contributed by atoms with van der Waals surface area (Å²) in [5.74, 6) is 0. The van der Waals surface area contributed by atoms with Gasteiger partial charge in [0.25, 0.3) is 0 Å². The Kier molecular flexibility index (Phi) is 4.27. The van der Waals surface area contributed by atoms with Gasteiger partial charge in [0.1, 0.15) is 6.61 Å². The van der Waals surface area contributed by atoms with Crippen molar-refractivity contribution in [3.05, 3.63) is 12.2 Å². The van der Waals surface area contributed by atoms with Gasteiger partial charge in [-0.2, -0.15) is 13.1 Å². The van der Waals surface area contributed by atoms with E-state index in [1.165, 1.54) is 6.08 Å². The monoisotopic (exact) mass is 197 g/mol. The van der Waals surface area contributed by atoms with Crippen LogP contribution in [0.2, 0.25) is 0 Å². The number of carbonyl (C=O) groups excluding carboxylic acids is 1. The number of carbonyl (C=O) groups is 1. The van der Waals surface area contributed by atoms with Crippen LogP contribution in [0, 0.1) is 0 Å². The smallest absolute Gasteiger partial charge is 0.423 e. The van der Waals surface area contributed by atoms with E-state index < -0.39 is 16.5 Å². The van der Waals surface area contributed by atoms with Crippen LogP contribution >= 0.6 is 0 Å². The molecule has 0 aromatic rings. The van der Waals surface area contributed by atoms with Crippen LogP contribution in [0.3, 0.4) is 0 Å². The molecule has 1 amide bonds. The molecule has 0 bridgehead atoms. The Labute approximate surface area is 69.6 Å². The summed E-state index contributed by atoms with van der Waals surface area (Å²) >= 11 is 0. The van der Waals surface area contributed by atoms with Gasteiger partial charge in [-0.1, -0.05) is 16.0 Å². The number of halogens is 1.